The summed E-state index contributed by atoms with van der Waals surface area (Å²) < 4.78 is 70.8. The van der Waals surface area contributed by atoms with Crippen molar-refractivity contribution < 1.29 is 46.8 Å². The normalized spacial score (nSPS) is 25.5. The van der Waals surface area contributed by atoms with Gasteiger partial charge < -0.3 is 29.0 Å². The number of ether oxygens (including phenoxy) is 4. The summed E-state index contributed by atoms with van der Waals surface area (Å²) in [7, 11) is 0. The third kappa shape index (κ3) is 6.09. The van der Waals surface area contributed by atoms with Crippen molar-refractivity contribution in [3.05, 3.63) is 41.5 Å². The van der Waals surface area contributed by atoms with Gasteiger partial charge in [0.05, 0.1) is 35.1 Å². The Morgan fingerprint density at radius 2 is 1.91 bits per heavy atom. The van der Waals surface area contributed by atoms with E-state index in [0.29, 0.717) is 31.2 Å². The van der Waals surface area contributed by atoms with Crippen LogP contribution in [0.15, 0.2) is 24.3 Å². The van der Waals surface area contributed by atoms with Crippen molar-refractivity contribution in [1.29, 1.82) is 0 Å². The zero-order chi connectivity index (χ0) is 39.9. The topological polar surface area (TPSA) is 140 Å². The van der Waals surface area contributed by atoms with Crippen LogP contribution in [0.1, 0.15) is 58.4 Å². The highest BCUT2D eigenvalue weighted by atomic mass is 19.1. The van der Waals surface area contributed by atoms with Crippen LogP contribution in [0, 0.1) is 29.9 Å². The Bertz CT molecular complexity index is 2380. The average Bonchev–Trinajstić information content (AvgIpc) is 3.78. The molecule has 0 saturated carbocycles. The molecule has 2 aromatic heterocycles. The van der Waals surface area contributed by atoms with Crippen molar-refractivity contribution in [2.75, 3.05) is 37.7 Å². The van der Waals surface area contributed by atoms with Crippen LogP contribution in [0.4, 0.5) is 23.8 Å². The Morgan fingerprint density at radius 3 is 2.70 bits per heavy atom. The Hall–Kier alpha value is -5.56. The van der Waals surface area contributed by atoms with Crippen molar-refractivity contribution in [2.45, 2.75) is 89.0 Å². The number of hydrogen-bond acceptors (Lipinski definition) is 12. The van der Waals surface area contributed by atoms with Crippen molar-refractivity contribution >= 4 is 39.6 Å². The van der Waals surface area contributed by atoms with Crippen LogP contribution in [-0.2, 0) is 14.3 Å². The van der Waals surface area contributed by atoms with E-state index >= 15 is 8.78 Å². The van der Waals surface area contributed by atoms with Gasteiger partial charge in [-0.15, -0.1) is 6.42 Å². The van der Waals surface area contributed by atoms with E-state index in [1.807, 2.05) is 4.90 Å². The number of phenolic OH excluding ortho intramolecular Hbond substituents is 1. The minimum atomic E-state index is -1.12. The van der Waals surface area contributed by atoms with E-state index in [4.69, 9.17) is 30.4 Å². The molecule has 1 N–H and O–H groups in total. The number of rotatable bonds is 7. The number of halogens is 3. The molecule has 1 amide bonds. The van der Waals surface area contributed by atoms with Gasteiger partial charge >= 0.3 is 18.1 Å². The fraction of sp³-hybridized carbons (Fsp3) is 0.488. The monoisotopic (exact) mass is 786 g/mol. The lowest BCUT2D eigenvalue weighted by atomic mass is 9.95. The summed E-state index contributed by atoms with van der Waals surface area (Å²) in [6.07, 6.45) is 6.12. The number of hydrogen-bond donors (Lipinski definition) is 1. The van der Waals surface area contributed by atoms with Gasteiger partial charge in [-0.3, -0.25) is 14.6 Å². The number of phenols is 1. The summed E-state index contributed by atoms with van der Waals surface area (Å²) in [5.41, 5.74) is -1.17. The number of aromatic nitrogens is 3. The second-order valence-electron chi connectivity index (χ2n) is 15.9. The molecule has 4 aromatic rings. The van der Waals surface area contributed by atoms with Gasteiger partial charge in [-0.1, -0.05) is 25.8 Å². The summed E-state index contributed by atoms with van der Waals surface area (Å²) in [5.74, 6) is -0.151. The SMILES string of the molecule is C#Cc1c(F)ccc2cc(O)cc(-c3nc4c5c(nc(OC[C@@]67CCCN6C[C@H](F)C7)nc5c3F)N3CC5CCC(C3CO4)N5C(=O)OC(C)OC(=O)C(C)C)c12. The first kappa shape index (κ1) is 37.0. The van der Waals surface area contributed by atoms with Gasteiger partial charge in [-0.2, -0.15) is 9.97 Å². The number of fused-ring (bicyclic) bond motifs is 7. The van der Waals surface area contributed by atoms with Crippen LogP contribution in [0.5, 0.6) is 17.6 Å². The fourth-order valence-electron chi connectivity index (χ4n) is 9.52. The molecule has 4 saturated heterocycles. The standard InChI is InChI=1S/C41H41F3N6O7/c1-5-26-28(43)9-7-22-13-25(51)14-27(31(22)26)34-33(44)35-32-36(47-39(46-35)55-19-41-11-6-12-48(41)16-23(42)15-41)49-17-24-8-10-29(30(49)18-54-37(32)45-34)50(24)40(53)57-21(4)56-38(52)20(2)3/h1,7,9,13-14,20-21,23-24,29-30,51H,6,8,10-12,15-19H2,2-4H3/t21?,23-,24?,29?,30?,41+/m1/s1. The molecule has 9 rings (SSSR count). The lowest BCUT2D eigenvalue weighted by Gasteiger charge is -2.46. The number of nitrogens with zero attached hydrogens (tertiary/aromatic N) is 6. The fourth-order valence-corrected chi connectivity index (χ4v) is 9.52. The van der Waals surface area contributed by atoms with E-state index in [9.17, 15) is 19.1 Å². The predicted octanol–water partition coefficient (Wildman–Crippen LogP) is 5.86. The maximum atomic E-state index is 17.3. The Morgan fingerprint density at radius 1 is 1.09 bits per heavy atom. The number of alkyl halides is 1. The van der Waals surface area contributed by atoms with E-state index < -0.39 is 59.7 Å². The van der Waals surface area contributed by atoms with Crippen LogP contribution >= 0.6 is 0 Å². The second kappa shape index (κ2) is 13.8. The number of amides is 1. The van der Waals surface area contributed by atoms with Crippen molar-refractivity contribution in [2.24, 2.45) is 5.92 Å². The Kier molecular flexibility index (Phi) is 8.98. The van der Waals surface area contributed by atoms with Crippen LogP contribution in [-0.4, -0.2) is 111 Å². The molecular formula is C41H41F3N6O7. The molecule has 16 heteroatoms. The highest BCUT2D eigenvalue weighted by Crippen LogP contribution is 2.47. The van der Waals surface area contributed by atoms with E-state index in [-0.39, 0.29) is 82.4 Å². The van der Waals surface area contributed by atoms with E-state index in [0.717, 1.165) is 19.4 Å². The quantitative estimate of drug-likeness (QED) is 0.136. The smallest absolute Gasteiger partial charge is 0.413 e. The third-order valence-corrected chi connectivity index (χ3v) is 12.1. The van der Waals surface area contributed by atoms with Crippen LogP contribution < -0.4 is 14.4 Å². The zero-order valence-electron chi connectivity index (χ0n) is 31.6. The lowest BCUT2D eigenvalue weighted by Crippen LogP contribution is -2.63. The average molecular weight is 787 g/mol. The van der Waals surface area contributed by atoms with Gasteiger partial charge in [0.15, 0.2) is 5.82 Å². The van der Waals surface area contributed by atoms with E-state index in [1.165, 1.54) is 31.2 Å². The number of terminal acetylenes is 1. The maximum Gasteiger partial charge on any atom is 0.413 e. The maximum absolute atomic E-state index is 17.3. The molecule has 4 unspecified atom stereocenters. The molecule has 4 fully saturated rings. The number of carbonyl (C=O) groups excluding carboxylic acids is 2. The van der Waals surface area contributed by atoms with Gasteiger partial charge in [-0.25, -0.2) is 22.9 Å². The first-order valence-corrected chi connectivity index (χ1v) is 19.3. The molecule has 0 aliphatic carbocycles. The minimum Gasteiger partial charge on any atom is -0.508 e. The zero-order valence-corrected chi connectivity index (χ0v) is 31.6. The first-order chi connectivity index (χ1) is 27.4. The second-order valence-corrected chi connectivity index (χ2v) is 15.9. The highest BCUT2D eigenvalue weighted by molar-refractivity contribution is 6.04. The Labute approximate surface area is 326 Å². The lowest BCUT2D eigenvalue weighted by molar-refractivity contribution is -0.170. The minimum absolute atomic E-state index is 0.0141. The molecule has 5 aliphatic rings. The largest absolute Gasteiger partial charge is 0.508 e. The van der Waals surface area contributed by atoms with Crippen LogP contribution in [0.3, 0.4) is 0 Å². The van der Waals surface area contributed by atoms with Crippen molar-refractivity contribution in [3.63, 3.8) is 0 Å². The van der Waals surface area contributed by atoms with Gasteiger partial charge in [-0.05, 0) is 55.8 Å². The van der Waals surface area contributed by atoms with E-state index in [2.05, 4.69) is 20.8 Å². The summed E-state index contributed by atoms with van der Waals surface area (Å²) in [6, 6.07) is 3.80. The molecular weight excluding hydrogens is 745 g/mol. The Balaban J connectivity index is 1.15. The van der Waals surface area contributed by atoms with Crippen LogP contribution in [0.25, 0.3) is 32.9 Å². The molecule has 13 nitrogen and oxygen atoms in total. The first-order valence-electron chi connectivity index (χ1n) is 19.3. The van der Waals surface area contributed by atoms with Gasteiger partial charge in [0.25, 0.3) is 0 Å². The number of pyridine rings is 1. The number of carbonyl (C=O) groups is 2. The summed E-state index contributed by atoms with van der Waals surface area (Å²) in [4.78, 5) is 45.7. The third-order valence-electron chi connectivity index (χ3n) is 12.1. The molecule has 6 atom stereocenters. The molecule has 0 radical (unpaired) electrons. The molecule has 7 heterocycles. The number of piperazine rings is 1. The number of esters is 1. The molecule has 57 heavy (non-hydrogen) atoms. The number of benzene rings is 2. The molecule has 298 valence electrons. The van der Waals surface area contributed by atoms with E-state index in [1.54, 1.807) is 18.7 Å². The molecule has 2 bridgehead atoms. The van der Waals surface area contributed by atoms with Crippen molar-refractivity contribution in [1.82, 2.24) is 24.8 Å². The molecule has 5 aliphatic heterocycles. The van der Waals surface area contributed by atoms with Crippen LogP contribution in [0.2, 0.25) is 0 Å². The molecule has 2 aromatic carbocycles. The summed E-state index contributed by atoms with van der Waals surface area (Å²) in [6.45, 7) is 6.23. The number of aromatic hydroxyl groups is 1. The summed E-state index contributed by atoms with van der Waals surface area (Å²) >= 11 is 0. The highest BCUT2D eigenvalue weighted by Gasteiger charge is 2.52. The molecule has 0 spiro atoms. The summed E-state index contributed by atoms with van der Waals surface area (Å²) in [5, 5.41) is 11.4. The predicted molar refractivity (Wildman–Crippen MR) is 200 cm³/mol. The van der Waals surface area contributed by atoms with Gasteiger partial charge in [0.2, 0.25) is 12.2 Å². The van der Waals surface area contributed by atoms with Crippen molar-refractivity contribution in [3.8, 4) is 41.2 Å². The van der Waals surface area contributed by atoms with Gasteiger partial charge in [0.1, 0.15) is 53.4 Å². The van der Waals surface area contributed by atoms with Gasteiger partial charge in [0, 0.05) is 37.4 Å². The number of anilines is 1.